The van der Waals surface area contributed by atoms with Crippen molar-refractivity contribution in [2.24, 2.45) is 5.92 Å². The molecule has 0 saturated carbocycles. The van der Waals surface area contributed by atoms with Crippen molar-refractivity contribution in [3.8, 4) is 0 Å². The molecule has 1 aliphatic rings. The normalized spacial score (nSPS) is 23.4. The minimum absolute atomic E-state index is 0.130. The maximum Gasteiger partial charge on any atom is 0.327 e. The van der Waals surface area contributed by atoms with E-state index in [9.17, 15) is 14.7 Å². The zero-order chi connectivity index (χ0) is 16.0. The summed E-state index contributed by atoms with van der Waals surface area (Å²) in [4.78, 5) is 25.1. The number of carboxylic acids is 1. The molecule has 1 heterocycles. The number of urea groups is 1. The fraction of sp³-hybridized carbons (Fsp3) is 0.846. The van der Waals surface area contributed by atoms with Gasteiger partial charge in [0.25, 0.3) is 0 Å². The van der Waals surface area contributed by atoms with Crippen molar-refractivity contribution in [3.63, 3.8) is 0 Å². The van der Waals surface area contributed by atoms with Gasteiger partial charge in [0.05, 0.1) is 18.1 Å². The first kappa shape index (κ1) is 18.1. The number of amides is 2. The second kappa shape index (κ2) is 8.45. The summed E-state index contributed by atoms with van der Waals surface area (Å²) in [6.07, 6.45) is -0.255. The molecule has 8 heteroatoms. The molecule has 122 valence electrons. The van der Waals surface area contributed by atoms with Gasteiger partial charge in [-0.1, -0.05) is 13.8 Å². The number of rotatable bonds is 7. The van der Waals surface area contributed by atoms with Crippen LogP contribution in [-0.2, 0) is 14.3 Å². The Labute approximate surface area is 129 Å². The van der Waals surface area contributed by atoms with Crippen molar-refractivity contribution in [1.82, 2.24) is 10.2 Å². The SMILES string of the molecule is COCC(CNC(=O)N1C(C(=O)O)CSC1C(C)C)OC. The third-order valence-electron chi connectivity index (χ3n) is 3.29. The lowest BCUT2D eigenvalue weighted by Gasteiger charge is -2.30. The van der Waals surface area contributed by atoms with Gasteiger partial charge >= 0.3 is 12.0 Å². The van der Waals surface area contributed by atoms with E-state index in [1.54, 1.807) is 14.2 Å². The first-order valence-corrected chi connectivity index (χ1v) is 7.89. The second-order valence-corrected chi connectivity index (χ2v) is 6.38. The summed E-state index contributed by atoms with van der Waals surface area (Å²) in [5.74, 6) is -0.375. The topological polar surface area (TPSA) is 88.1 Å². The molecule has 0 aliphatic carbocycles. The molecule has 2 amide bonds. The fourth-order valence-corrected chi connectivity index (χ4v) is 3.65. The highest BCUT2D eigenvalue weighted by atomic mass is 32.2. The third kappa shape index (κ3) is 4.76. The first-order chi connectivity index (χ1) is 9.92. The summed E-state index contributed by atoms with van der Waals surface area (Å²) in [5, 5.41) is 11.9. The van der Waals surface area contributed by atoms with Gasteiger partial charge in [-0.25, -0.2) is 9.59 Å². The van der Waals surface area contributed by atoms with Crippen LogP contribution in [0.5, 0.6) is 0 Å². The summed E-state index contributed by atoms with van der Waals surface area (Å²) in [6, 6.07) is -1.16. The highest BCUT2D eigenvalue weighted by Crippen LogP contribution is 2.33. The molecule has 3 unspecified atom stereocenters. The highest BCUT2D eigenvalue weighted by molar-refractivity contribution is 8.00. The number of nitrogens with zero attached hydrogens (tertiary/aromatic N) is 1. The zero-order valence-corrected chi connectivity index (χ0v) is 13.7. The van der Waals surface area contributed by atoms with Gasteiger partial charge in [-0.3, -0.25) is 4.90 Å². The predicted octanol–water partition coefficient (Wildman–Crippen LogP) is 0.842. The van der Waals surface area contributed by atoms with E-state index in [2.05, 4.69) is 5.32 Å². The predicted molar refractivity (Wildman–Crippen MR) is 80.4 cm³/mol. The Morgan fingerprint density at radius 3 is 2.57 bits per heavy atom. The summed E-state index contributed by atoms with van der Waals surface area (Å²) in [7, 11) is 3.10. The van der Waals surface area contributed by atoms with Crippen molar-refractivity contribution < 1.29 is 24.2 Å². The van der Waals surface area contributed by atoms with Crippen LogP contribution in [0.3, 0.4) is 0 Å². The number of hydrogen-bond acceptors (Lipinski definition) is 5. The number of carbonyl (C=O) groups excluding carboxylic acids is 1. The number of hydrogen-bond donors (Lipinski definition) is 2. The molecule has 1 fully saturated rings. The number of ether oxygens (including phenoxy) is 2. The summed E-state index contributed by atoms with van der Waals surface area (Å²) in [5.41, 5.74) is 0. The van der Waals surface area contributed by atoms with Gasteiger partial charge < -0.3 is 19.9 Å². The lowest BCUT2D eigenvalue weighted by molar-refractivity contribution is -0.141. The molecule has 0 bridgehead atoms. The van der Waals surface area contributed by atoms with E-state index < -0.39 is 12.0 Å². The number of nitrogens with one attached hydrogen (secondary N) is 1. The van der Waals surface area contributed by atoms with Crippen LogP contribution in [0.25, 0.3) is 0 Å². The van der Waals surface area contributed by atoms with E-state index in [0.717, 1.165) is 0 Å². The summed E-state index contributed by atoms with van der Waals surface area (Å²) >= 11 is 1.50. The number of carbonyl (C=O) groups is 2. The maximum absolute atomic E-state index is 12.3. The third-order valence-corrected chi connectivity index (χ3v) is 4.91. The van der Waals surface area contributed by atoms with Gasteiger partial charge in [-0.05, 0) is 5.92 Å². The van der Waals surface area contributed by atoms with Crippen LogP contribution < -0.4 is 5.32 Å². The van der Waals surface area contributed by atoms with Crippen molar-refractivity contribution in [2.75, 3.05) is 33.1 Å². The van der Waals surface area contributed by atoms with Crippen molar-refractivity contribution in [2.45, 2.75) is 31.4 Å². The van der Waals surface area contributed by atoms with E-state index in [0.29, 0.717) is 12.4 Å². The fourth-order valence-electron chi connectivity index (χ4n) is 2.18. The van der Waals surface area contributed by atoms with Gasteiger partial charge in [0.1, 0.15) is 6.04 Å². The Morgan fingerprint density at radius 2 is 2.10 bits per heavy atom. The number of aliphatic carboxylic acids is 1. The molecule has 1 saturated heterocycles. The van der Waals surface area contributed by atoms with Gasteiger partial charge in [-0.2, -0.15) is 0 Å². The molecule has 21 heavy (non-hydrogen) atoms. The van der Waals surface area contributed by atoms with Crippen molar-refractivity contribution in [3.05, 3.63) is 0 Å². The molecule has 0 aromatic carbocycles. The highest BCUT2D eigenvalue weighted by Gasteiger charge is 2.42. The molecular formula is C13H24N2O5S. The maximum atomic E-state index is 12.3. The second-order valence-electron chi connectivity index (χ2n) is 5.23. The zero-order valence-electron chi connectivity index (χ0n) is 12.9. The first-order valence-electron chi connectivity index (χ1n) is 6.84. The minimum atomic E-state index is -0.971. The molecule has 3 atom stereocenters. The molecule has 0 spiro atoms. The molecule has 1 rings (SSSR count). The van der Waals surface area contributed by atoms with Crippen molar-refractivity contribution in [1.29, 1.82) is 0 Å². The Bertz CT molecular complexity index is 366. The van der Waals surface area contributed by atoms with Gasteiger partial charge in [0, 0.05) is 26.5 Å². The van der Waals surface area contributed by atoms with E-state index >= 15 is 0 Å². The smallest absolute Gasteiger partial charge is 0.327 e. The molecule has 0 aromatic heterocycles. The van der Waals surface area contributed by atoms with E-state index in [-0.39, 0.29) is 30.0 Å². The van der Waals surface area contributed by atoms with Gasteiger partial charge in [0.2, 0.25) is 0 Å². The molecule has 1 aliphatic heterocycles. The van der Waals surface area contributed by atoms with Crippen LogP contribution >= 0.6 is 11.8 Å². The van der Waals surface area contributed by atoms with Crippen LogP contribution in [0.2, 0.25) is 0 Å². The monoisotopic (exact) mass is 320 g/mol. The van der Waals surface area contributed by atoms with E-state index in [1.165, 1.54) is 16.7 Å². The van der Waals surface area contributed by atoms with E-state index in [4.69, 9.17) is 9.47 Å². The number of thioether (sulfide) groups is 1. The molecule has 2 N–H and O–H groups in total. The Hall–Kier alpha value is -0.990. The average Bonchev–Trinajstić information content (AvgIpc) is 2.88. The van der Waals surface area contributed by atoms with Crippen LogP contribution in [0.1, 0.15) is 13.8 Å². The lowest BCUT2D eigenvalue weighted by atomic mass is 10.1. The Morgan fingerprint density at radius 1 is 1.43 bits per heavy atom. The summed E-state index contributed by atoms with van der Waals surface area (Å²) < 4.78 is 10.2. The number of carboxylic acid groups (broad SMARTS) is 1. The largest absolute Gasteiger partial charge is 0.480 e. The van der Waals surface area contributed by atoms with Crippen LogP contribution in [0.4, 0.5) is 4.79 Å². The lowest BCUT2D eigenvalue weighted by Crippen LogP contribution is -2.52. The molecule has 0 radical (unpaired) electrons. The molecule has 0 aromatic rings. The van der Waals surface area contributed by atoms with E-state index in [1.807, 2.05) is 13.8 Å². The minimum Gasteiger partial charge on any atom is -0.480 e. The van der Waals surface area contributed by atoms with Gasteiger partial charge in [-0.15, -0.1) is 11.8 Å². The summed E-state index contributed by atoms with van der Waals surface area (Å²) in [6.45, 7) is 4.60. The average molecular weight is 320 g/mol. The van der Waals surface area contributed by atoms with Crippen LogP contribution in [0, 0.1) is 5.92 Å². The Kier molecular flexibility index (Phi) is 7.27. The quantitative estimate of drug-likeness (QED) is 0.723. The van der Waals surface area contributed by atoms with Crippen LogP contribution in [-0.4, -0.2) is 72.7 Å². The van der Waals surface area contributed by atoms with Crippen molar-refractivity contribution >= 4 is 23.8 Å². The van der Waals surface area contributed by atoms with Crippen LogP contribution in [0.15, 0.2) is 0 Å². The molecular weight excluding hydrogens is 296 g/mol. The standard InChI is InChI=1S/C13H24N2O5S/c1-8(2)11-15(10(7-21-11)12(16)17)13(18)14-5-9(20-4)6-19-3/h8-11H,5-7H2,1-4H3,(H,14,18)(H,16,17). The molecule has 7 nitrogen and oxygen atoms in total. The Balaban J connectivity index is 2.68. The van der Waals surface area contributed by atoms with Gasteiger partial charge in [0.15, 0.2) is 0 Å². The number of methoxy groups -OCH3 is 2.